The highest BCUT2D eigenvalue weighted by Crippen LogP contribution is 2.43. The van der Waals surface area contributed by atoms with Crippen LogP contribution in [0.2, 0.25) is 10.0 Å². The van der Waals surface area contributed by atoms with Crippen molar-refractivity contribution in [3.63, 3.8) is 0 Å². The summed E-state index contributed by atoms with van der Waals surface area (Å²) in [5.41, 5.74) is -1.48. The molecular weight excluding hydrogens is 371 g/mol. The number of non-ortho nitro benzene ring substituents is 1. The first-order valence-corrected chi connectivity index (χ1v) is 8.10. The van der Waals surface area contributed by atoms with E-state index in [1.165, 1.54) is 35.0 Å². The van der Waals surface area contributed by atoms with Crippen LogP contribution < -0.4 is 10.3 Å². The number of aliphatic hydroxyl groups is 1. The first-order chi connectivity index (χ1) is 11.6. The third-order valence-electron chi connectivity index (χ3n) is 4.17. The summed E-state index contributed by atoms with van der Waals surface area (Å²) in [5, 5.41) is 22.0. The fourth-order valence-electron chi connectivity index (χ4n) is 2.91. The molecule has 2 heterocycles. The molecule has 2 unspecified atom stereocenters. The van der Waals surface area contributed by atoms with Gasteiger partial charge in [-0.1, -0.05) is 23.2 Å². The van der Waals surface area contributed by atoms with Gasteiger partial charge < -0.3 is 14.4 Å². The molecule has 3 rings (SSSR count). The van der Waals surface area contributed by atoms with Crippen molar-refractivity contribution in [2.45, 2.75) is 31.6 Å². The molecular formula is C16H14Cl2N2O5. The lowest BCUT2D eigenvalue weighted by Crippen LogP contribution is -2.52. The van der Waals surface area contributed by atoms with E-state index in [1.54, 1.807) is 13.8 Å². The van der Waals surface area contributed by atoms with E-state index in [4.69, 9.17) is 27.9 Å². The third-order valence-corrected chi connectivity index (χ3v) is 4.65. The number of nitrogens with zero attached hydrogens (tertiary/aromatic N) is 2. The zero-order chi connectivity index (χ0) is 18.5. The van der Waals surface area contributed by atoms with Gasteiger partial charge in [0, 0.05) is 23.9 Å². The van der Waals surface area contributed by atoms with E-state index in [0.29, 0.717) is 11.3 Å². The maximum atomic E-state index is 12.5. The minimum absolute atomic E-state index is 0.115. The molecule has 1 aromatic heterocycles. The summed E-state index contributed by atoms with van der Waals surface area (Å²) >= 11 is 11.9. The fourth-order valence-corrected chi connectivity index (χ4v) is 3.40. The average molecular weight is 385 g/mol. The van der Waals surface area contributed by atoms with Crippen molar-refractivity contribution in [3.05, 3.63) is 66.5 Å². The van der Waals surface area contributed by atoms with E-state index in [0.717, 1.165) is 0 Å². The van der Waals surface area contributed by atoms with Gasteiger partial charge in [0.1, 0.15) is 22.5 Å². The number of rotatable bonds is 2. The molecule has 2 atom stereocenters. The minimum atomic E-state index is -1.17. The maximum absolute atomic E-state index is 12.5. The Morgan fingerprint density at radius 2 is 2.00 bits per heavy atom. The van der Waals surface area contributed by atoms with Crippen LogP contribution in [-0.4, -0.2) is 26.3 Å². The first kappa shape index (κ1) is 17.7. The maximum Gasteiger partial charge on any atom is 0.270 e. The summed E-state index contributed by atoms with van der Waals surface area (Å²) in [7, 11) is 0. The molecule has 0 fully saturated rings. The number of aromatic nitrogens is 1. The van der Waals surface area contributed by atoms with Crippen LogP contribution in [0.4, 0.5) is 5.69 Å². The lowest BCUT2D eigenvalue weighted by molar-refractivity contribution is -0.385. The van der Waals surface area contributed by atoms with E-state index in [9.17, 15) is 20.0 Å². The monoisotopic (exact) mass is 384 g/mol. The van der Waals surface area contributed by atoms with Gasteiger partial charge in [-0.05, 0) is 26.0 Å². The summed E-state index contributed by atoms with van der Waals surface area (Å²) < 4.78 is 6.95. The Labute approximate surface area is 152 Å². The Morgan fingerprint density at radius 1 is 1.32 bits per heavy atom. The van der Waals surface area contributed by atoms with Crippen LogP contribution in [0.25, 0.3) is 0 Å². The molecule has 2 aromatic rings. The number of fused-ring (bicyclic) bond motifs is 1. The van der Waals surface area contributed by atoms with Crippen LogP contribution >= 0.6 is 23.2 Å². The Morgan fingerprint density at radius 3 is 2.64 bits per heavy atom. The molecule has 0 spiro atoms. The molecule has 0 radical (unpaired) electrons. The normalized spacial score (nSPS) is 21.3. The number of ether oxygens (including phenoxy) is 1. The smallest absolute Gasteiger partial charge is 0.270 e. The quantitative estimate of drug-likeness (QED) is 0.633. The molecule has 1 aliphatic rings. The highest BCUT2D eigenvalue weighted by molar-refractivity contribution is 6.34. The number of hydrogen-bond donors (Lipinski definition) is 1. The molecule has 0 saturated carbocycles. The summed E-state index contributed by atoms with van der Waals surface area (Å²) in [4.78, 5) is 23.0. The van der Waals surface area contributed by atoms with Crippen LogP contribution in [-0.2, 0) is 0 Å². The molecule has 1 aromatic carbocycles. The van der Waals surface area contributed by atoms with Crippen molar-refractivity contribution in [2.24, 2.45) is 0 Å². The van der Waals surface area contributed by atoms with Crippen LogP contribution in [0.5, 0.6) is 5.75 Å². The summed E-state index contributed by atoms with van der Waals surface area (Å²) in [6.45, 7) is 3.32. The zero-order valence-electron chi connectivity index (χ0n) is 13.3. The second kappa shape index (κ2) is 6.01. The first-order valence-electron chi connectivity index (χ1n) is 7.34. The van der Waals surface area contributed by atoms with Gasteiger partial charge >= 0.3 is 0 Å². The Bertz CT molecular complexity index is 925. The van der Waals surface area contributed by atoms with E-state index in [-0.39, 0.29) is 15.7 Å². The zero-order valence-corrected chi connectivity index (χ0v) is 14.8. The van der Waals surface area contributed by atoms with Gasteiger partial charge in [0.2, 0.25) is 0 Å². The fraction of sp³-hybridized carbons (Fsp3) is 0.312. The number of aliphatic hydroxyl groups excluding tert-OH is 1. The Balaban J connectivity index is 2.30. The lowest BCUT2D eigenvalue weighted by atomic mass is 9.86. The third kappa shape index (κ3) is 2.99. The summed E-state index contributed by atoms with van der Waals surface area (Å²) in [6.07, 6.45) is 0.169. The summed E-state index contributed by atoms with van der Waals surface area (Å²) in [5.74, 6) is 0.342. The van der Waals surface area contributed by atoms with E-state index >= 15 is 0 Å². The van der Waals surface area contributed by atoms with Gasteiger partial charge in [-0.15, -0.1) is 0 Å². The molecule has 132 valence electrons. The second-order valence-corrected chi connectivity index (χ2v) is 7.14. The van der Waals surface area contributed by atoms with E-state index in [2.05, 4.69) is 0 Å². The SMILES string of the molecule is CC1(C)Oc2ccc([N+](=O)[O-])cc2C(n2cc(Cl)cc(Cl)c2=O)C1O. The van der Waals surface area contributed by atoms with Gasteiger partial charge in [0.25, 0.3) is 11.2 Å². The molecule has 1 aliphatic heterocycles. The molecule has 1 N–H and O–H groups in total. The molecule has 9 heteroatoms. The van der Waals surface area contributed by atoms with E-state index < -0.39 is 28.2 Å². The molecule has 0 bridgehead atoms. The molecule has 0 aliphatic carbocycles. The second-order valence-electron chi connectivity index (χ2n) is 6.29. The van der Waals surface area contributed by atoms with Crippen molar-refractivity contribution in [2.75, 3.05) is 0 Å². The van der Waals surface area contributed by atoms with Crippen molar-refractivity contribution in [3.8, 4) is 5.75 Å². The van der Waals surface area contributed by atoms with Gasteiger partial charge in [0.15, 0.2) is 0 Å². The molecule has 0 amide bonds. The van der Waals surface area contributed by atoms with Crippen molar-refractivity contribution < 1.29 is 14.8 Å². The van der Waals surface area contributed by atoms with Gasteiger partial charge in [-0.2, -0.15) is 0 Å². The van der Waals surface area contributed by atoms with Crippen molar-refractivity contribution >= 4 is 28.9 Å². The largest absolute Gasteiger partial charge is 0.485 e. The van der Waals surface area contributed by atoms with Gasteiger partial charge in [0.05, 0.1) is 16.0 Å². The van der Waals surface area contributed by atoms with Crippen molar-refractivity contribution in [1.29, 1.82) is 0 Å². The number of pyridine rings is 1. The molecule has 7 nitrogen and oxygen atoms in total. The van der Waals surface area contributed by atoms with Crippen molar-refractivity contribution in [1.82, 2.24) is 4.57 Å². The van der Waals surface area contributed by atoms with Crippen LogP contribution in [0.3, 0.4) is 0 Å². The molecule has 0 saturated heterocycles. The van der Waals surface area contributed by atoms with Crippen LogP contribution in [0.15, 0.2) is 35.3 Å². The van der Waals surface area contributed by atoms with Crippen LogP contribution in [0, 0.1) is 10.1 Å². The molecule has 25 heavy (non-hydrogen) atoms. The number of hydrogen-bond acceptors (Lipinski definition) is 5. The lowest BCUT2D eigenvalue weighted by Gasteiger charge is -2.42. The average Bonchev–Trinajstić information content (AvgIpc) is 2.52. The predicted molar refractivity (Wildman–Crippen MR) is 92.7 cm³/mol. The number of halogens is 2. The topological polar surface area (TPSA) is 94.6 Å². The number of benzene rings is 1. The van der Waals surface area contributed by atoms with Crippen LogP contribution in [0.1, 0.15) is 25.5 Å². The highest BCUT2D eigenvalue weighted by Gasteiger charge is 2.45. The standard InChI is InChI=1S/C16H14Cl2N2O5/c1-16(2)14(21)13(19-7-8(17)5-11(18)15(19)22)10-6-9(20(23)24)3-4-12(10)25-16/h3-7,13-14,21H,1-2H3. The Hall–Kier alpha value is -2.09. The van der Waals surface area contributed by atoms with E-state index in [1.807, 2.05) is 0 Å². The predicted octanol–water partition coefficient (Wildman–Crippen LogP) is 3.18. The van der Waals surface area contributed by atoms with Gasteiger partial charge in [-0.3, -0.25) is 14.9 Å². The highest BCUT2D eigenvalue weighted by atomic mass is 35.5. The minimum Gasteiger partial charge on any atom is -0.485 e. The number of nitro groups is 1. The summed E-state index contributed by atoms with van der Waals surface area (Å²) in [6, 6.07) is 4.39. The number of nitro benzene ring substituents is 1. The Kier molecular flexibility index (Phi) is 4.26. The van der Waals surface area contributed by atoms with Gasteiger partial charge in [-0.25, -0.2) is 0 Å².